The zero-order chi connectivity index (χ0) is 41.1. The smallest absolute Gasteiger partial charge is 0.104 e. The normalized spacial score (nSPS) is 11.8. The van der Waals surface area contributed by atoms with E-state index < -0.39 is 0 Å². The van der Waals surface area contributed by atoms with Crippen LogP contribution in [-0.2, 0) is 41.6 Å². The fraction of sp³-hybridized carbons (Fsp3) is 0.615. The van der Waals surface area contributed by atoms with E-state index in [0.717, 1.165) is 142 Å². The standard InChI is InChI=1S/C52H74O6/c1-3-5-7-9-21-31-39-53-45-51(47-55-43-49-35-27-25-28-36-49)57-41-33-23-19-17-15-13-11-12-14-16-18-20-24-34-42-58-52(46-54-40-32-22-10-8-6-4-2)48-56-44-50-37-29-26-30-38-50/h1-2,25-30,35-38,51-52H,5-10,15-24,31-34,39-48H2. The molecule has 2 aromatic rings. The van der Waals surface area contributed by atoms with Gasteiger partial charge in [-0.3, -0.25) is 0 Å². The third-order valence-corrected chi connectivity index (χ3v) is 9.50. The van der Waals surface area contributed by atoms with Crippen molar-refractivity contribution in [3.05, 3.63) is 71.8 Å². The summed E-state index contributed by atoms with van der Waals surface area (Å²) in [6.07, 6.45) is 31.7. The number of hydrogen-bond donors (Lipinski definition) is 0. The molecule has 58 heavy (non-hydrogen) atoms. The minimum absolute atomic E-state index is 0.0569. The number of benzene rings is 2. The predicted octanol–water partition coefficient (Wildman–Crippen LogP) is 11.3. The predicted molar refractivity (Wildman–Crippen MR) is 239 cm³/mol. The Bertz CT molecular complexity index is 1300. The summed E-state index contributed by atoms with van der Waals surface area (Å²) in [5.41, 5.74) is 2.33. The SMILES string of the molecule is C#CCCCCCCOCC(COCc1ccccc1)OCCCCCCC#CC#CCCCCCCOC(COCCCCCCC#C)COCc1ccccc1. The van der Waals surface area contributed by atoms with Gasteiger partial charge in [0.1, 0.15) is 12.2 Å². The molecule has 0 radical (unpaired) electrons. The van der Waals surface area contributed by atoms with Crippen LogP contribution in [0.5, 0.6) is 0 Å². The van der Waals surface area contributed by atoms with Gasteiger partial charge < -0.3 is 28.4 Å². The van der Waals surface area contributed by atoms with Gasteiger partial charge in [0.05, 0.1) is 39.6 Å². The van der Waals surface area contributed by atoms with Crippen molar-refractivity contribution < 1.29 is 28.4 Å². The Balaban J connectivity index is 1.49. The molecule has 318 valence electrons. The molecule has 0 heterocycles. The van der Waals surface area contributed by atoms with Crippen LogP contribution < -0.4 is 0 Å². The maximum atomic E-state index is 6.19. The van der Waals surface area contributed by atoms with Gasteiger partial charge in [-0.15, -0.1) is 24.7 Å². The van der Waals surface area contributed by atoms with Crippen molar-refractivity contribution in [3.8, 4) is 48.4 Å². The Hall–Kier alpha value is -3.56. The van der Waals surface area contributed by atoms with Crippen LogP contribution in [0.15, 0.2) is 60.7 Å². The minimum Gasteiger partial charge on any atom is -0.379 e. The van der Waals surface area contributed by atoms with Gasteiger partial charge in [-0.2, -0.15) is 0 Å². The topological polar surface area (TPSA) is 55.4 Å². The van der Waals surface area contributed by atoms with Crippen molar-refractivity contribution in [2.45, 2.75) is 154 Å². The highest BCUT2D eigenvalue weighted by molar-refractivity contribution is 5.25. The first-order valence-corrected chi connectivity index (χ1v) is 22.3. The van der Waals surface area contributed by atoms with Gasteiger partial charge in [0.25, 0.3) is 0 Å². The van der Waals surface area contributed by atoms with Crippen LogP contribution in [0.1, 0.15) is 140 Å². The van der Waals surface area contributed by atoms with Gasteiger partial charge in [-0.25, -0.2) is 0 Å². The largest absolute Gasteiger partial charge is 0.379 e. The first-order valence-electron chi connectivity index (χ1n) is 22.3. The van der Waals surface area contributed by atoms with E-state index in [1.165, 1.54) is 11.1 Å². The Morgan fingerprint density at radius 3 is 1.12 bits per heavy atom. The second-order valence-electron chi connectivity index (χ2n) is 14.8. The van der Waals surface area contributed by atoms with Crippen LogP contribution in [0.25, 0.3) is 0 Å². The van der Waals surface area contributed by atoms with Crippen LogP contribution in [0.4, 0.5) is 0 Å². The molecule has 0 aliphatic heterocycles. The number of terminal acetylenes is 2. The van der Waals surface area contributed by atoms with E-state index in [1.807, 2.05) is 36.4 Å². The number of ether oxygens (including phenoxy) is 6. The van der Waals surface area contributed by atoms with Crippen LogP contribution >= 0.6 is 0 Å². The third-order valence-electron chi connectivity index (χ3n) is 9.50. The molecule has 2 aromatic carbocycles. The fourth-order valence-electron chi connectivity index (χ4n) is 6.10. The van der Waals surface area contributed by atoms with Gasteiger partial charge in [-0.05, 0) is 74.3 Å². The maximum Gasteiger partial charge on any atom is 0.104 e. The van der Waals surface area contributed by atoms with E-state index >= 15 is 0 Å². The van der Waals surface area contributed by atoms with Crippen molar-refractivity contribution in [2.75, 3.05) is 52.9 Å². The molecular formula is C52H74O6. The summed E-state index contributed by atoms with van der Waals surface area (Å²) < 4.78 is 36.2. The minimum atomic E-state index is -0.0569. The molecular weight excluding hydrogens is 721 g/mol. The summed E-state index contributed by atoms with van der Waals surface area (Å²) >= 11 is 0. The molecule has 0 N–H and O–H groups in total. The lowest BCUT2D eigenvalue weighted by Crippen LogP contribution is -2.26. The zero-order valence-corrected chi connectivity index (χ0v) is 35.7. The highest BCUT2D eigenvalue weighted by Crippen LogP contribution is 2.10. The molecule has 0 fully saturated rings. The lowest BCUT2D eigenvalue weighted by atomic mass is 10.1. The molecule has 0 aromatic heterocycles. The first kappa shape index (κ1) is 50.6. The molecule has 2 atom stereocenters. The van der Waals surface area contributed by atoms with Gasteiger partial charge in [0, 0.05) is 52.1 Å². The van der Waals surface area contributed by atoms with Gasteiger partial charge >= 0.3 is 0 Å². The lowest BCUT2D eigenvalue weighted by molar-refractivity contribution is -0.0645. The molecule has 6 nitrogen and oxygen atoms in total. The van der Waals surface area contributed by atoms with Crippen LogP contribution in [0.2, 0.25) is 0 Å². The van der Waals surface area contributed by atoms with Gasteiger partial charge in [-0.1, -0.05) is 124 Å². The average Bonchev–Trinajstić information content (AvgIpc) is 3.25. The van der Waals surface area contributed by atoms with Crippen molar-refractivity contribution >= 4 is 0 Å². The molecule has 0 amide bonds. The second-order valence-corrected chi connectivity index (χ2v) is 14.8. The molecule has 0 saturated carbocycles. The molecule has 0 saturated heterocycles. The van der Waals surface area contributed by atoms with Crippen molar-refractivity contribution in [1.82, 2.24) is 0 Å². The summed E-state index contributed by atoms with van der Waals surface area (Å²) in [6.45, 7) is 6.27. The Labute approximate surface area is 354 Å². The summed E-state index contributed by atoms with van der Waals surface area (Å²) in [6, 6.07) is 20.5. The maximum absolute atomic E-state index is 6.19. The molecule has 0 spiro atoms. The summed E-state index contributed by atoms with van der Waals surface area (Å²) in [5, 5.41) is 0. The molecule has 0 aliphatic rings. The Kier molecular flexibility index (Phi) is 35.1. The Morgan fingerprint density at radius 1 is 0.379 bits per heavy atom. The van der Waals surface area contributed by atoms with E-state index in [0.29, 0.717) is 52.9 Å². The Morgan fingerprint density at radius 2 is 0.724 bits per heavy atom. The van der Waals surface area contributed by atoms with E-state index in [-0.39, 0.29) is 12.2 Å². The fourth-order valence-corrected chi connectivity index (χ4v) is 6.10. The zero-order valence-electron chi connectivity index (χ0n) is 35.7. The van der Waals surface area contributed by atoms with Crippen molar-refractivity contribution in [1.29, 1.82) is 0 Å². The second kappa shape index (κ2) is 40.2. The lowest BCUT2D eigenvalue weighted by Gasteiger charge is -2.18. The van der Waals surface area contributed by atoms with E-state index in [4.69, 9.17) is 41.3 Å². The molecule has 2 unspecified atom stereocenters. The number of rotatable bonds is 38. The van der Waals surface area contributed by atoms with Gasteiger partial charge in [0.2, 0.25) is 0 Å². The highest BCUT2D eigenvalue weighted by Gasteiger charge is 2.12. The number of hydrogen-bond acceptors (Lipinski definition) is 6. The molecule has 0 bridgehead atoms. The van der Waals surface area contributed by atoms with Crippen LogP contribution in [-0.4, -0.2) is 65.1 Å². The summed E-state index contributed by atoms with van der Waals surface area (Å²) in [7, 11) is 0. The highest BCUT2D eigenvalue weighted by atomic mass is 16.6. The van der Waals surface area contributed by atoms with Crippen molar-refractivity contribution in [3.63, 3.8) is 0 Å². The first-order chi connectivity index (χ1) is 28.8. The van der Waals surface area contributed by atoms with Crippen LogP contribution in [0, 0.1) is 48.4 Å². The third kappa shape index (κ3) is 32.4. The van der Waals surface area contributed by atoms with E-state index in [2.05, 4.69) is 59.8 Å². The van der Waals surface area contributed by atoms with E-state index in [9.17, 15) is 0 Å². The average molecular weight is 795 g/mol. The molecule has 6 heteroatoms. The van der Waals surface area contributed by atoms with Crippen LogP contribution in [0.3, 0.4) is 0 Å². The monoisotopic (exact) mass is 795 g/mol. The van der Waals surface area contributed by atoms with Gasteiger partial charge in [0.15, 0.2) is 0 Å². The summed E-state index contributed by atoms with van der Waals surface area (Å²) in [4.78, 5) is 0. The number of unbranched alkanes of at least 4 members (excludes halogenated alkanes) is 16. The van der Waals surface area contributed by atoms with E-state index in [1.54, 1.807) is 0 Å². The summed E-state index contributed by atoms with van der Waals surface area (Å²) in [5.74, 6) is 17.9. The molecule has 0 aliphatic carbocycles. The molecule has 2 rings (SSSR count). The quantitative estimate of drug-likeness (QED) is 0.0498. The van der Waals surface area contributed by atoms with Crippen molar-refractivity contribution in [2.24, 2.45) is 0 Å².